The number of carbonyl (C=O) groups is 2. The third-order valence-corrected chi connectivity index (χ3v) is 4.79. The summed E-state index contributed by atoms with van der Waals surface area (Å²) in [7, 11) is 0. The summed E-state index contributed by atoms with van der Waals surface area (Å²) in [5.41, 5.74) is 1.00. The number of benzene rings is 1. The minimum Gasteiger partial charge on any atom is -0.456 e. The van der Waals surface area contributed by atoms with Gasteiger partial charge in [0.05, 0.1) is 13.1 Å². The lowest BCUT2D eigenvalue weighted by molar-refractivity contribution is -0.926. The van der Waals surface area contributed by atoms with Crippen molar-refractivity contribution >= 4 is 11.8 Å². The largest absolute Gasteiger partial charge is 0.456 e. The van der Waals surface area contributed by atoms with Crippen LogP contribution in [-0.4, -0.2) is 41.9 Å². The normalized spacial score (nSPS) is 28.8. The average Bonchev–Trinajstić information content (AvgIpc) is 2.88. The molecule has 2 fully saturated rings. The Kier molecular flexibility index (Phi) is 4.06. The molecule has 2 atom stereocenters. The number of ketones is 1. The molecule has 0 aromatic heterocycles. The van der Waals surface area contributed by atoms with Crippen molar-refractivity contribution in [3.05, 3.63) is 35.9 Å². The Morgan fingerprint density at radius 1 is 1.19 bits per heavy atom. The van der Waals surface area contributed by atoms with E-state index < -0.39 is 0 Å². The van der Waals surface area contributed by atoms with Gasteiger partial charge in [0.2, 0.25) is 0 Å². The quantitative estimate of drug-likeness (QED) is 0.632. The Morgan fingerprint density at radius 2 is 1.95 bits per heavy atom. The second kappa shape index (κ2) is 5.98. The molecule has 0 aliphatic carbocycles. The Labute approximate surface area is 125 Å². The van der Waals surface area contributed by atoms with Crippen LogP contribution in [0.2, 0.25) is 0 Å². The van der Waals surface area contributed by atoms with Crippen molar-refractivity contribution in [1.82, 2.24) is 0 Å². The molecule has 2 aliphatic heterocycles. The van der Waals surface area contributed by atoms with Crippen LogP contribution in [0, 0.1) is 0 Å². The van der Waals surface area contributed by atoms with Gasteiger partial charge in [0.15, 0.2) is 11.8 Å². The summed E-state index contributed by atoms with van der Waals surface area (Å²) < 4.78 is 6.15. The standard InChI is InChI=1S/C17H22NO3/c19-15-8-4-10-18(12-15)11-5-9-16(18)17(20)21-13-14-6-2-1-3-7-14/h1-3,6-7,16H,4-5,8-13H2/q+1/t16-,18?/m0/s1. The van der Waals surface area contributed by atoms with Crippen LogP contribution in [0.4, 0.5) is 0 Å². The molecule has 0 saturated carbocycles. The summed E-state index contributed by atoms with van der Waals surface area (Å²) in [6, 6.07) is 9.60. The number of hydrogen-bond donors (Lipinski definition) is 0. The van der Waals surface area contributed by atoms with Gasteiger partial charge in [0.25, 0.3) is 0 Å². The van der Waals surface area contributed by atoms with Gasteiger partial charge in [-0.15, -0.1) is 0 Å². The number of nitrogens with zero attached hydrogens (tertiary/aromatic N) is 1. The van der Waals surface area contributed by atoms with Crippen molar-refractivity contribution in [3.63, 3.8) is 0 Å². The maximum atomic E-state index is 12.4. The third-order valence-electron chi connectivity index (χ3n) is 4.79. The topological polar surface area (TPSA) is 43.4 Å². The second-order valence-corrected chi connectivity index (χ2v) is 6.22. The first kappa shape index (κ1) is 14.3. The van der Waals surface area contributed by atoms with Gasteiger partial charge < -0.3 is 9.22 Å². The predicted octanol–water partition coefficient (Wildman–Crippen LogP) is 2.07. The van der Waals surface area contributed by atoms with Crippen molar-refractivity contribution in [1.29, 1.82) is 0 Å². The predicted molar refractivity (Wildman–Crippen MR) is 78.4 cm³/mol. The first-order valence-corrected chi connectivity index (χ1v) is 7.78. The van der Waals surface area contributed by atoms with Crippen LogP contribution in [0.3, 0.4) is 0 Å². The summed E-state index contributed by atoms with van der Waals surface area (Å²) in [5, 5.41) is 0. The molecule has 3 rings (SSSR count). The van der Waals surface area contributed by atoms with Crippen LogP contribution >= 0.6 is 0 Å². The lowest BCUT2D eigenvalue weighted by Gasteiger charge is -2.40. The number of rotatable bonds is 3. The maximum Gasteiger partial charge on any atom is 0.365 e. The van der Waals surface area contributed by atoms with E-state index in [9.17, 15) is 9.59 Å². The molecule has 1 aromatic rings. The summed E-state index contributed by atoms with van der Waals surface area (Å²) in [4.78, 5) is 24.3. The number of esters is 1. The summed E-state index contributed by atoms with van der Waals surface area (Å²) in [5.74, 6) is 0.162. The Balaban J connectivity index is 1.64. The number of carbonyl (C=O) groups excluding carboxylic acids is 2. The lowest BCUT2D eigenvalue weighted by atomic mass is 10.0. The maximum absolute atomic E-state index is 12.4. The summed E-state index contributed by atoms with van der Waals surface area (Å²) in [6.45, 7) is 2.73. The molecule has 4 nitrogen and oxygen atoms in total. The van der Waals surface area contributed by atoms with Crippen molar-refractivity contribution in [3.8, 4) is 0 Å². The molecule has 2 saturated heterocycles. The van der Waals surface area contributed by atoms with Crippen LogP contribution in [-0.2, 0) is 20.9 Å². The Morgan fingerprint density at radius 3 is 2.71 bits per heavy atom. The fraction of sp³-hybridized carbons (Fsp3) is 0.529. The number of Topliss-reactive ketones (excluding diaryl/α,β-unsaturated/α-hetero) is 1. The van der Waals surface area contributed by atoms with Gasteiger partial charge in [-0.1, -0.05) is 30.3 Å². The van der Waals surface area contributed by atoms with Crippen LogP contribution in [0.1, 0.15) is 31.2 Å². The van der Waals surface area contributed by atoms with Gasteiger partial charge in [-0.3, -0.25) is 4.79 Å². The minimum atomic E-state index is -0.141. The molecular weight excluding hydrogens is 266 g/mol. The highest BCUT2D eigenvalue weighted by Gasteiger charge is 2.49. The highest BCUT2D eigenvalue weighted by molar-refractivity contribution is 5.81. The lowest BCUT2D eigenvalue weighted by Crippen LogP contribution is -2.60. The minimum absolute atomic E-state index is 0.133. The molecule has 1 aromatic carbocycles. The van der Waals surface area contributed by atoms with E-state index in [2.05, 4.69) is 0 Å². The van der Waals surface area contributed by atoms with Gasteiger partial charge in [-0.2, -0.15) is 0 Å². The smallest absolute Gasteiger partial charge is 0.365 e. The molecule has 2 heterocycles. The van der Waals surface area contributed by atoms with Crippen LogP contribution in [0.25, 0.3) is 0 Å². The molecular formula is C17H22NO3+. The van der Waals surface area contributed by atoms with E-state index in [-0.39, 0.29) is 12.0 Å². The number of quaternary nitrogens is 1. The molecule has 1 spiro atoms. The average molecular weight is 288 g/mol. The molecule has 0 radical (unpaired) electrons. The summed E-state index contributed by atoms with van der Waals surface area (Å²) >= 11 is 0. The van der Waals surface area contributed by atoms with Gasteiger partial charge in [-0.25, -0.2) is 4.79 Å². The van der Waals surface area contributed by atoms with Crippen LogP contribution in [0.15, 0.2) is 30.3 Å². The highest BCUT2D eigenvalue weighted by atomic mass is 16.5. The van der Waals surface area contributed by atoms with E-state index in [0.717, 1.165) is 37.9 Å². The third kappa shape index (κ3) is 3.00. The zero-order valence-electron chi connectivity index (χ0n) is 12.3. The van der Waals surface area contributed by atoms with E-state index in [1.165, 1.54) is 0 Å². The summed E-state index contributed by atoms with van der Waals surface area (Å²) in [6.07, 6.45) is 3.44. The van der Waals surface area contributed by atoms with Crippen LogP contribution in [0.5, 0.6) is 0 Å². The number of ether oxygens (including phenoxy) is 1. The Bertz CT molecular complexity index is 528. The number of hydrogen-bond acceptors (Lipinski definition) is 3. The first-order valence-electron chi connectivity index (χ1n) is 7.78. The van der Waals surface area contributed by atoms with Crippen molar-refractivity contribution < 1.29 is 18.8 Å². The van der Waals surface area contributed by atoms with Gasteiger partial charge >= 0.3 is 5.97 Å². The molecule has 4 heteroatoms. The van der Waals surface area contributed by atoms with Crippen molar-refractivity contribution in [2.75, 3.05) is 19.6 Å². The first-order chi connectivity index (χ1) is 10.2. The van der Waals surface area contributed by atoms with E-state index in [0.29, 0.717) is 29.8 Å². The van der Waals surface area contributed by atoms with E-state index in [4.69, 9.17) is 4.74 Å². The monoisotopic (exact) mass is 288 g/mol. The zero-order chi connectivity index (χ0) is 14.7. The van der Waals surface area contributed by atoms with E-state index >= 15 is 0 Å². The van der Waals surface area contributed by atoms with Crippen molar-refractivity contribution in [2.24, 2.45) is 0 Å². The van der Waals surface area contributed by atoms with Crippen molar-refractivity contribution in [2.45, 2.75) is 38.3 Å². The molecule has 2 aliphatic rings. The fourth-order valence-corrected chi connectivity index (χ4v) is 3.75. The van der Waals surface area contributed by atoms with E-state index in [1.807, 2.05) is 30.3 Å². The fourth-order valence-electron chi connectivity index (χ4n) is 3.75. The molecule has 0 N–H and O–H groups in total. The van der Waals surface area contributed by atoms with Gasteiger partial charge in [0, 0.05) is 25.7 Å². The molecule has 0 amide bonds. The molecule has 21 heavy (non-hydrogen) atoms. The van der Waals surface area contributed by atoms with E-state index in [1.54, 1.807) is 0 Å². The SMILES string of the molecule is O=C1CCC[N+]2(CCC[C@H]2C(=O)OCc2ccccc2)C1. The number of piperidine rings is 1. The zero-order valence-corrected chi connectivity index (χ0v) is 12.3. The van der Waals surface area contributed by atoms with Crippen LogP contribution < -0.4 is 0 Å². The van der Waals surface area contributed by atoms with Gasteiger partial charge in [0.1, 0.15) is 13.2 Å². The highest BCUT2D eigenvalue weighted by Crippen LogP contribution is 2.31. The second-order valence-electron chi connectivity index (χ2n) is 6.22. The van der Waals surface area contributed by atoms with Gasteiger partial charge in [-0.05, 0) is 5.56 Å². The molecule has 112 valence electrons. The molecule has 1 unspecified atom stereocenters. The molecule has 0 bridgehead atoms. The Hall–Kier alpha value is -1.68.